The quantitative estimate of drug-likeness (QED) is 0.0281. The average Bonchev–Trinajstić information content (AvgIpc) is 3.83. The van der Waals surface area contributed by atoms with Crippen molar-refractivity contribution in [1.82, 2.24) is 36.8 Å². The molecule has 2 fully saturated rings. The van der Waals surface area contributed by atoms with Gasteiger partial charge in [-0.15, -0.1) is 11.8 Å². The number of nitrogens with two attached hydrogens (primary N) is 1. The monoisotopic (exact) mass is 848 g/mol. The number of alkyl carbamates (subject to hydrolysis) is 2. The van der Waals surface area contributed by atoms with Crippen LogP contribution in [0, 0.1) is 0 Å². The van der Waals surface area contributed by atoms with Crippen LogP contribution in [0.3, 0.4) is 0 Å². The maximum Gasteiger partial charge on any atom is 0.407 e. The lowest BCUT2D eigenvalue weighted by atomic mass is 10.1. The lowest BCUT2D eigenvalue weighted by molar-refractivity contribution is -0.138. The number of ether oxygens (including phenoxy) is 6. The van der Waals surface area contributed by atoms with Gasteiger partial charge in [0.1, 0.15) is 25.3 Å². The molecule has 2 aliphatic heterocycles. The van der Waals surface area contributed by atoms with Crippen LogP contribution in [-0.4, -0.2) is 181 Å². The fourth-order valence-corrected chi connectivity index (χ4v) is 6.66. The maximum atomic E-state index is 13.0. The third-order valence-corrected chi connectivity index (χ3v) is 9.89. The highest BCUT2D eigenvalue weighted by molar-refractivity contribution is 8.00. The predicted octanol–water partition coefficient (Wildman–Crippen LogP) is -2.49. The van der Waals surface area contributed by atoms with Crippen LogP contribution in [0.15, 0.2) is 0 Å². The van der Waals surface area contributed by atoms with Crippen LogP contribution >= 0.6 is 11.8 Å². The molecular formula is C35H60N8O14S. The average molecular weight is 849 g/mol. The Morgan fingerprint density at radius 3 is 2.10 bits per heavy atom. The normalized spacial score (nSPS) is 17.3. The number of thioether (sulfide) groups is 1. The Kier molecular flexibility index (Phi) is 25.7. The van der Waals surface area contributed by atoms with Gasteiger partial charge in [-0.25, -0.2) is 9.59 Å². The predicted molar refractivity (Wildman–Crippen MR) is 207 cm³/mol. The molecule has 330 valence electrons. The summed E-state index contributed by atoms with van der Waals surface area (Å²) in [5, 5.41) is 15.3. The van der Waals surface area contributed by atoms with Crippen LogP contribution < -0.4 is 37.6 Å². The summed E-state index contributed by atoms with van der Waals surface area (Å²) in [5.74, 6) is -3.09. The molecular weight excluding hydrogens is 788 g/mol. The van der Waals surface area contributed by atoms with E-state index in [9.17, 15) is 38.4 Å². The molecule has 0 aromatic rings. The highest BCUT2D eigenvalue weighted by atomic mass is 32.2. The molecule has 0 spiro atoms. The van der Waals surface area contributed by atoms with Gasteiger partial charge in [0.2, 0.25) is 35.4 Å². The number of methoxy groups -OCH3 is 2. The van der Waals surface area contributed by atoms with Crippen LogP contribution in [0.25, 0.3) is 0 Å². The van der Waals surface area contributed by atoms with Crippen molar-refractivity contribution in [2.24, 2.45) is 5.73 Å². The minimum Gasteiger partial charge on any atom is -0.447 e. The highest BCUT2D eigenvalue weighted by Crippen LogP contribution is 2.26. The van der Waals surface area contributed by atoms with Gasteiger partial charge in [-0.1, -0.05) is 0 Å². The minimum absolute atomic E-state index is 0.0000979. The van der Waals surface area contributed by atoms with Gasteiger partial charge in [-0.05, 0) is 38.6 Å². The van der Waals surface area contributed by atoms with Crippen LogP contribution in [-0.2, 0) is 57.2 Å². The number of imide groups is 1. The maximum absolute atomic E-state index is 13.0. The molecule has 0 radical (unpaired) electrons. The van der Waals surface area contributed by atoms with E-state index in [0.717, 1.165) is 23.1 Å². The van der Waals surface area contributed by atoms with E-state index >= 15 is 0 Å². The summed E-state index contributed by atoms with van der Waals surface area (Å²) < 4.78 is 30.4. The van der Waals surface area contributed by atoms with Gasteiger partial charge in [0.15, 0.2) is 0 Å². The number of primary amides is 1. The Labute approximate surface area is 342 Å². The van der Waals surface area contributed by atoms with Crippen molar-refractivity contribution < 1.29 is 66.8 Å². The summed E-state index contributed by atoms with van der Waals surface area (Å²) in [6.45, 7) is 2.69. The Bertz CT molecular complexity index is 1330. The minimum atomic E-state index is -1.03. The van der Waals surface area contributed by atoms with Gasteiger partial charge in [0, 0.05) is 59.0 Å². The fourth-order valence-electron chi connectivity index (χ4n) is 5.46. The van der Waals surface area contributed by atoms with E-state index < -0.39 is 65.1 Å². The smallest absolute Gasteiger partial charge is 0.407 e. The lowest BCUT2D eigenvalue weighted by Crippen LogP contribution is -2.51. The number of carbonyl (C=O) groups excluding carboxylic acids is 8. The summed E-state index contributed by atoms with van der Waals surface area (Å²) in [6.07, 6.45) is 0.811. The Hall–Kier alpha value is -4.29. The molecule has 23 heteroatoms. The topological polar surface area (TPSA) is 293 Å². The molecule has 58 heavy (non-hydrogen) atoms. The first-order chi connectivity index (χ1) is 28.0. The standard InChI is InChI=1S/C35H60N8O14S/c1-52-14-16-54-18-20-56-34(50)40-9-4-3-6-25(42-35(51)57-21-19-55-17-15-53-2)31(47)39-12-11-38-28(44)8-13-43-29(45)22-27(33(43)49)58-23-26(30(36)46)41-32(48)24-7-5-10-37-24/h24-27,37H,3-23H2,1-2H3,(H2,36,46)(H,38,44)(H,39,47)(H,40,50)(H,41,48)(H,42,51). The Morgan fingerprint density at radius 2 is 1.47 bits per heavy atom. The number of nitrogens with one attached hydrogen (secondary N) is 6. The molecule has 8 amide bonds. The summed E-state index contributed by atoms with van der Waals surface area (Å²) in [5.41, 5.74) is 5.47. The molecule has 22 nitrogen and oxygen atoms in total. The second-order valence-electron chi connectivity index (χ2n) is 13.0. The zero-order chi connectivity index (χ0) is 42.5. The summed E-state index contributed by atoms with van der Waals surface area (Å²) in [4.78, 5) is 101. The van der Waals surface area contributed by atoms with E-state index in [-0.39, 0.29) is 83.5 Å². The number of amides is 8. The number of nitrogens with zero attached hydrogens (tertiary/aromatic N) is 1. The molecule has 2 saturated heterocycles. The largest absolute Gasteiger partial charge is 0.447 e. The van der Waals surface area contributed by atoms with Crippen molar-refractivity contribution in [3.8, 4) is 0 Å². The SMILES string of the molecule is COCCOCCOC(=O)NCCCCC(NC(=O)OCCOCCOC)C(=O)NCCNC(=O)CCN1C(=O)CC(SCC(NC(=O)C2CCCN2)C(N)=O)C1=O. The molecule has 0 bridgehead atoms. The molecule has 8 N–H and O–H groups in total. The highest BCUT2D eigenvalue weighted by Gasteiger charge is 2.39. The number of hydrogen-bond donors (Lipinski definition) is 7. The third kappa shape index (κ3) is 20.9. The first-order valence-corrected chi connectivity index (χ1v) is 20.3. The van der Waals surface area contributed by atoms with E-state index in [2.05, 4.69) is 31.9 Å². The van der Waals surface area contributed by atoms with Gasteiger partial charge in [-0.3, -0.25) is 33.7 Å². The molecule has 0 aromatic heterocycles. The third-order valence-electron chi connectivity index (χ3n) is 8.59. The Morgan fingerprint density at radius 1 is 0.810 bits per heavy atom. The molecule has 2 rings (SSSR count). The van der Waals surface area contributed by atoms with Crippen molar-refractivity contribution in [1.29, 1.82) is 0 Å². The van der Waals surface area contributed by atoms with E-state index in [1.54, 1.807) is 7.11 Å². The first kappa shape index (κ1) is 49.9. The van der Waals surface area contributed by atoms with Crippen molar-refractivity contribution >= 4 is 59.4 Å². The molecule has 2 heterocycles. The number of carbonyl (C=O) groups is 8. The first-order valence-electron chi connectivity index (χ1n) is 19.3. The second kappa shape index (κ2) is 29.9. The molecule has 0 aromatic carbocycles. The van der Waals surface area contributed by atoms with Gasteiger partial charge < -0.3 is 66.1 Å². The van der Waals surface area contributed by atoms with E-state index in [1.807, 2.05) is 0 Å². The molecule has 4 atom stereocenters. The second-order valence-corrected chi connectivity index (χ2v) is 14.3. The summed E-state index contributed by atoms with van der Waals surface area (Å²) >= 11 is 1.04. The van der Waals surface area contributed by atoms with E-state index in [4.69, 9.17) is 34.2 Å². The number of rotatable bonds is 31. The van der Waals surface area contributed by atoms with E-state index in [0.29, 0.717) is 52.2 Å². The van der Waals surface area contributed by atoms with Crippen LogP contribution in [0.1, 0.15) is 44.9 Å². The Balaban J connectivity index is 1.74. The van der Waals surface area contributed by atoms with Crippen LogP contribution in [0.5, 0.6) is 0 Å². The van der Waals surface area contributed by atoms with Gasteiger partial charge in [0.25, 0.3) is 0 Å². The molecule has 4 unspecified atom stereocenters. The zero-order valence-electron chi connectivity index (χ0n) is 33.3. The zero-order valence-corrected chi connectivity index (χ0v) is 34.1. The fraction of sp³-hybridized carbons (Fsp3) is 0.771. The van der Waals surface area contributed by atoms with Crippen molar-refractivity contribution in [3.63, 3.8) is 0 Å². The lowest BCUT2D eigenvalue weighted by Gasteiger charge is -2.19. The number of unbranched alkanes of at least 4 members (excludes halogenated alkanes) is 1. The van der Waals surface area contributed by atoms with Gasteiger partial charge >= 0.3 is 12.2 Å². The van der Waals surface area contributed by atoms with E-state index in [1.165, 1.54) is 7.11 Å². The number of hydrogen-bond acceptors (Lipinski definition) is 16. The summed E-state index contributed by atoms with van der Waals surface area (Å²) in [6, 6.07) is -2.44. The van der Waals surface area contributed by atoms with Crippen molar-refractivity contribution in [2.75, 3.05) is 106 Å². The van der Waals surface area contributed by atoms with Crippen molar-refractivity contribution in [3.05, 3.63) is 0 Å². The van der Waals surface area contributed by atoms with Crippen LogP contribution in [0.2, 0.25) is 0 Å². The van der Waals surface area contributed by atoms with Gasteiger partial charge in [-0.2, -0.15) is 0 Å². The van der Waals surface area contributed by atoms with Gasteiger partial charge in [0.05, 0.1) is 50.9 Å². The molecule has 0 saturated carbocycles. The summed E-state index contributed by atoms with van der Waals surface area (Å²) in [7, 11) is 3.08. The molecule has 0 aliphatic carbocycles. The molecule has 2 aliphatic rings. The number of likely N-dealkylation sites (tertiary alicyclic amines) is 1. The van der Waals surface area contributed by atoms with Crippen LogP contribution in [0.4, 0.5) is 9.59 Å². The van der Waals surface area contributed by atoms with Crippen molar-refractivity contribution in [2.45, 2.75) is 68.3 Å².